The minimum atomic E-state index is -0.186. The van der Waals surface area contributed by atoms with Gasteiger partial charge in [0.1, 0.15) is 0 Å². The molecule has 0 bridgehead atoms. The van der Waals surface area contributed by atoms with Gasteiger partial charge in [-0.1, -0.05) is 13.8 Å². The number of rotatable bonds is 2. The molecule has 0 aliphatic carbocycles. The summed E-state index contributed by atoms with van der Waals surface area (Å²) in [4.78, 5) is 11.2. The van der Waals surface area contributed by atoms with Crippen LogP contribution in [0.5, 0.6) is 0 Å². The van der Waals surface area contributed by atoms with Crippen LogP contribution in [0.4, 0.5) is 0 Å². The number of hydrogen-bond donors (Lipinski definition) is 0. The van der Waals surface area contributed by atoms with E-state index in [-0.39, 0.29) is 11.4 Å². The van der Waals surface area contributed by atoms with E-state index in [0.29, 0.717) is 12.5 Å². The molecule has 1 aliphatic rings. The van der Waals surface area contributed by atoms with Gasteiger partial charge in [0, 0.05) is 0 Å². The topological polar surface area (TPSA) is 26.3 Å². The minimum Gasteiger partial charge on any atom is -0.465 e. The molecular weight excluding hydrogens is 140 g/mol. The quantitative estimate of drug-likeness (QED) is 0.571. The third-order valence-electron chi connectivity index (χ3n) is 2.24. The molecule has 0 saturated carbocycles. The van der Waals surface area contributed by atoms with Gasteiger partial charge >= 0.3 is 5.97 Å². The fourth-order valence-electron chi connectivity index (χ4n) is 1.73. The van der Waals surface area contributed by atoms with Crippen LogP contribution in [0.1, 0.15) is 33.6 Å². The predicted molar refractivity (Wildman–Crippen MR) is 43.1 cm³/mol. The molecule has 1 heterocycles. The van der Waals surface area contributed by atoms with Crippen LogP contribution < -0.4 is 0 Å². The third-order valence-corrected chi connectivity index (χ3v) is 2.24. The first-order valence-corrected chi connectivity index (χ1v) is 4.22. The summed E-state index contributed by atoms with van der Waals surface area (Å²) in [5.74, 6) is 0.567. The summed E-state index contributed by atoms with van der Waals surface area (Å²) in [6, 6.07) is 0. The van der Waals surface area contributed by atoms with E-state index in [9.17, 15) is 4.79 Å². The van der Waals surface area contributed by atoms with Crippen LogP contribution in [0.15, 0.2) is 0 Å². The summed E-state index contributed by atoms with van der Waals surface area (Å²) < 4.78 is 4.93. The Labute approximate surface area is 67.9 Å². The summed E-state index contributed by atoms with van der Waals surface area (Å²) in [5, 5.41) is 0. The lowest BCUT2D eigenvalue weighted by molar-refractivity contribution is -0.146. The molecule has 0 spiro atoms. The van der Waals surface area contributed by atoms with Crippen LogP contribution in [0.25, 0.3) is 0 Å². The van der Waals surface area contributed by atoms with E-state index in [1.807, 2.05) is 6.92 Å². The number of carbonyl (C=O) groups is 1. The Morgan fingerprint density at radius 2 is 2.27 bits per heavy atom. The molecule has 1 aliphatic heterocycles. The summed E-state index contributed by atoms with van der Waals surface area (Å²) in [5.41, 5.74) is -0.186. The molecular formula is C9H16O2. The third kappa shape index (κ3) is 1.73. The first kappa shape index (κ1) is 8.57. The van der Waals surface area contributed by atoms with E-state index in [2.05, 4.69) is 13.8 Å². The largest absolute Gasteiger partial charge is 0.465 e. The molecule has 2 heteroatoms. The summed E-state index contributed by atoms with van der Waals surface area (Å²) in [7, 11) is 0. The number of cyclic esters (lactones) is 1. The van der Waals surface area contributed by atoms with Crippen molar-refractivity contribution in [2.24, 2.45) is 11.3 Å². The smallest absolute Gasteiger partial charge is 0.311 e. The van der Waals surface area contributed by atoms with Crippen molar-refractivity contribution in [3.63, 3.8) is 0 Å². The zero-order chi connectivity index (χ0) is 8.48. The molecule has 11 heavy (non-hydrogen) atoms. The summed E-state index contributed by atoms with van der Waals surface area (Å²) >= 11 is 0. The number of carbonyl (C=O) groups excluding carboxylic acids is 1. The SMILES string of the molecule is CC(C)CC1(C)CCOC1=O. The van der Waals surface area contributed by atoms with E-state index in [0.717, 1.165) is 12.8 Å². The Bertz CT molecular complexity index is 163. The van der Waals surface area contributed by atoms with Crippen LogP contribution in [0, 0.1) is 11.3 Å². The van der Waals surface area contributed by atoms with Crippen molar-refractivity contribution in [1.82, 2.24) is 0 Å². The van der Waals surface area contributed by atoms with Crippen LogP contribution in [0.3, 0.4) is 0 Å². The lowest BCUT2D eigenvalue weighted by Crippen LogP contribution is -2.24. The highest BCUT2D eigenvalue weighted by atomic mass is 16.5. The van der Waals surface area contributed by atoms with Crippen molar-refractivity contribution in [1.29, 1.82) is 0 Å². The normalized spacial score (nSPS) is 31.1. The molecule has 0 amide bonds. The predicted octanol–water partition coefficient (Wildman–Crippen LogP) is 1.99. The molecule has 1 unspecified atom stereocenters. The molecule has 0 aromatic carbocycles. The second kappa shape index (κ2) is 2.84. The van der Waals surface area contributed by atoms with Crippen molar-refractivity contribution in [3.8, 4) is 0 Å². The Hall–Kier alpha value is -0.530. The molecule has 0 aromatic heterocycles. The van der Waals surface area contributed by atoms with Gasteiger partial charge in [-0.3, -0.25) is 4.79 Å². The van der Waals surface area contributed by atoms with Crippen LogP contribution >= 0.6 is 0 Å². The maximum atomic E-state index is 11.2. The van der Waals surface area contributed by atoms with Crippen molar-refractivity contribution in [2.75, 3.05) is 6.61 Å². The second-order valence-electron chi connectivity index (χ2n) is 4.04. The van der Waals surface area contributed by atoms with Gasteiger partial charge in [0.25, 0.3) is 0 Å². The van der Waals surface area contributed by atoms with E-state index < -0.39 is 0 Å². The Morgan fingerprint density at radius 3 is 2.64 bits per heavy atom. The molecule has 0 radical (unpaired) electrons. The Morgan fingerprint density at radius 1 is 1.64 bits per heavy atom. The van der Waals surface area contributed by atoms with E-state index in [4.69, 9.17) is 4.74 Å². The van der Waals surface area contributed by atoms with Crippen molar-refractivity contribution in [3.05, 3.63) is 0 Å². The minimum absolute atomic E-state index is 0.00815. The van der Waals surface area contributed by atoms with Gasteiger partial charge in [0.05, 0.1) is 12.0 Å². The fourth-order valence-corrected chi connectivity index (χ4v) is 1.73. The zero-order valence-corrected chi connectivity index (χ0v) is 7.52. The average Bonchev–Trinajstić information content (AvgIpc) is 2.11. The van der Waals surface area contributed by atoms with Gasteiger partial charge in [-0.2, -0.15) is 0 Å². The molecule has 2 nitrogen and oxygen atoms in total. The van der Waals surface area contributed by atoms with Gasteiger partial charge < -0.3 is 4.74 Å². The maximum Gasteiger partial charge on any atom is 0.311 e. The summed E-state index contributed by atoms with van der Waals surface area (Å²) in [6.07, 6.45) is 1.84. The number of ether oxygens (including phenoxy) is 1. The highest BCUT2D eigenvalue weighted by molar-refractivity contribution is 5.78. The lowest BCUT2D eigenvalue weighted by atomic mass is 9.81. The van der Waals surface area contributed by atoms with Crippen LogP contribution in [-0.2, 0) is 9.53 Å². The highest BCUT2D eigenvalue weighted by Crippen LogP contribution is 2.35. The van der Waals surface area contributed by atoms with Crippen LogP contribution in [-0.4, -0.2) is 12.6 Å². The van der Waals surface area contributed by atoms with Gasteiger partial charge in [-0.15, -0.1) is 0 Å². The number of hydrogen-bond acceptors (Lipinski definition) is 2. The van der Waals surface area contributed by atoms with Gasteiger partial charge in [-0.25, -0.2) is 0 Å². The fraction of sp³-hybridized carbons (Fsp3) is 0.889. The zero-order valence-electron chi connectivity index (χ0n) is 7.52. The lowest BCUT2D eigenvalue weighted by Gasteiger charge is -2.20. The monoisotopic (exact) mass is 156 g/mol. The van der Waals surface area contributed by atoms with E-state index in [1.54, 1.807) is 0 Å². The van der Waals surface area contributed by atoms with Crippen molar-refractivity contribution < 1.29 is 9.53 Å². The molecule has 0 N–H and O–H groups in total. The molecule has 0 aromatic rings. The Kier molecular flexibility index (Phi) is 2.21. The molecule has 1 fully saturated rings. The van der Waals surface area contributed by atoms with Crippen molar-refractivity contribution >= 4 is 5.97 Å². The molecule has 1 rings (SSSR count). The standard InChI is InChI=1S/C9H16O2/c1-7(2)6-9(3)4-5-11-8(9)10/h7H,4-6H2,1-3H3. The Balaban J connectivity index is 2.58. The first-order chi connectivity index (χ1) is 5.04. The molecule has 64 valence electrons. The van der Waals surface area contributed by atoms with E-state index >= 15 is 0 Å². The van der Waals surface area contributed by atoms with Crippen LogP contribution in [0.2, 0.25) is 0 Å². The molecule has 1 saturated heterocycles. The van der Waals surface area contributed by atoms with E-state index in [1.165, 1.54) is 0 Å². The first-order valence-electron chi connectivity index (χ1n) is 4.22. The van der Waals surface area contributed by atoms with Gasteiger partial charge in [0.2, 0.25) is 0 Å². The molecule has 1 atom stereocenters. The second-order valence-corrected chi connectivity index (χ2v) is 4.04. The van der Waals surface area contributed by atoms with Crippen molar-refractivity contribution in [2.45, 2.75) is 33.6 Å². The highest BCUT2D eigenvalue weighted by Gasteiger charge is 2.39. The number of esters is 1. The van der Waals surface area contributed by atoms with Gasteiger partial charge in [-0.05, 0) is 25.7 Å². The van der Waals surface area contributed by atoms with Gasteiger partial charge in [0.15, 0.2) is 0 Å². The average molecular weight is 156 g/mol. The maximum absolute atomic E-state index is 11.2. The summed E-state index contributed by atoms with van der Waals surface area (Å²) in [6.45, 7) is 6.89.